The van der Waals surface area contributed by atoms with Crippen LogP contribution in [-0.2, 0) is 16.7 Å². The van der Waals surface area contributed by atoms with E-state index in [4.69, 9.17) is 4.74 Å². The third-order valence-electron chi connectivity index (χ3n) is 4.65. The molecule has 0 aromatic heterocycles. The van der Waals surface area contributed by atoms with Crippen molar-refractivity contribution in [3.05, 3.63) is 70.8 Å². The molecule has 9 heteroatoms. The minimum Gasteiger partial charge on any atom is -0.437 e. The monoisotopic (exact) mass is 475 g/mol. The summed E-state index contributed by atoms with van der Waals surface area (Å²) in [5.41, 5.74) is 0.848. The molecule has 0 saturated carbocycles. The van der Waals surface area contributed by atoms with E-state index in [1.54, 1.807) is 6.82 Å². The zero-order valence-corrected chi connectivity index (χ0v) is 17.6. The van der Waals surface area contributed by atoms with Crippen molar-refractivity contribution in [3.63, 3.8) is 0 Å². The lowest BCUT2D eigenvalue weighted by molar-refractivity contribution is 0.00671. The highest BCUT2D eigenvalue weighted by molar-refractivity contribution is 9.08. The van der Waals surface area contributed by atoms with Crippen LogP contribution in [0.5, 0.6) is 0 Å². The number of halogens is 5. The maximum absolute atomic E-state index is 13.4. The fourth-order valence-corrected chi connectivity index (χ4v) is 3.35. The molecule has 1 N–H and O–H groups in total. The highest BCUT2D eigenvalue weighted by atomic mass is 79.9. The second-order valence-electron chi connectivity index (χ2n) is 6.78. The molecular weight excluding hydrogens is 453 g/mol. The first kappa shape index (κ1) is 23.9. The number of hydrogen-bond donors (Lipinski definition) is 1. The smallest absolute Gasteiger partial charge is 0.376 e. The van der Waals surface area contributed by atoms with E-state index in [1.165, 1.54) is 24.3 Å². The Morgan fingerprint density at radius 2 is 1.52 bits per heavy atom. The van der Waals surface area contributed by atoms with E-state index in [0.717, 1.165) is 38.1 Å². The van der Waals surface area contributed by atoms with Crippen LogP contribution >= 0.6 is 15.9 Å². The van der Waals surface area contributed by atoms with Gasteiger partial charge in [0.2, 0.25) is 0 Å². The van der Waals surface area contributed by atoms with Crippen molar-refractivity contribution in [3.8, 4) is 0 Å². The summed E-state index contributed by atoms with van der Waals surface area (Å²) >= 11 is 3.07. The molecule has 0 radical (unpaired) electrons. The van der Waals surface area contributed by atoms with Gasteiger partial charge in [0.1, 0.15) is 23.3 Å². The van der Waals surface area contributed by atoms with Crippen LogP contribution in [0.4, 0.5) is 17.6 Å². The predicted molar refractivity (Wildman–Crippen MR) is 109 cm³/mol. The number of rotatable bonds is 5. The summed E-state index contributed by atoms with van der Waals surface area (Å²) in [7, 11) is -0.435. The standard InChI is InChI=1S/C13H18BF2NO2.C7H5BrF2/c1-14(18)17-6-4-12(5-7-17)19-9-10-2-3-11(15)8-13(10)16;8-4-5-1-2-6(9)3-7(5)10/h2-3,8,12,18H,4-7,9H2,1H3;1-3H,4H2. The maximum Gasteiger partial charge on any atom is 0.376 e. The molecule has 0 atom stereocenters. The van der Waals surface area contributed by atoms with E-state index in [2.05, 4.69) is 15.9 Å². The second-order valence-corrected chi connectivity index (χ2v) is 7.34. The molecule has 0 amide bonds. The molecule has 0 bridgehead atoms. The molecule has 0 unspecified atom stereocenters. The molecule has 3 nitrogen and oxygen atoms in total. The molecule has 1 aliphatic heterocycles. The van der Waals surface area contributed by atoms with Crippen molar-refractivity contribution < 1.29 is 27.3 Å². The molecule has 158 valence electrons. The highest BCUT2D eigenvalue weighted by Gasteiger charge is 2.24. The highest BCUT2D eigenvalue weighted by Crippen LogP contribution is 2.18. The second kappa shape index (κ2) is 11.7. The minimum absolute atomic E-state index is 0.0689. The van der Waals surface area contributed by atoms with Gasteiger partial charge in [0.15, 0.2) is 0 Å². The maximum atomic E-state index is 13.4. The van der Waals surface area contributed by atoms with Gasteiger partial charge in [0.25, 0.3) is 0 Å². The summed E-state index contributed by atoms with van der Waals surface area (Å²) in [6.45, 7) is 3.45. The molecule has 1 aliphatic rings. The van der Waals surface area contributed by atoms with Crippen LogP contribution in [0.3, 0.4) is 0 Å². The number of ether oxygens (including phenoxy) is 1. The molecule has 0 aliphatic carbocycles. The van der Waals surface area contributed by atoms with E-state index in [0.29, 0.717) is 16.5 Å². The molecule has 1 heterocycles. The Morgan fingerprint density at radius 3 is 1.97 bits per heavy atom. The molecule has 1 saturated heterocycles. The van der Waals surface area contributed by atoms with Crippen LogP contribution in [0.1, 0.15) is 24.0 Å². The first-order chi connectivity index (χ1) is 13.8. The average Bonchev–Trinajstić information content (AvgIpc) is 2.68. The Bertz CT molecular complexity index is 789. The topological polar surface area (TPSA) is 32.7 Å². The van der Waals surface area contributed by atoms with E-state index in [9.17, 15) is 22.6 Å². The van der Waals surface area contributed by atoms with Crippen LogP contribution in [0.25, 0.3) is 0 Å². The zero-order valence-electron chi connectivity index (χ0n) is 16.1. The predicted octanol–water partition coefficient (Wildman–Crippen LogP) is 4.92. The van der Waals surface area contributed by atoms with Crippen molar-refractivity contribution in [1.29, 1.82) is 0 Å². The van der Waals surface area contributed by atoms with E-state index < -0.39 is 30.3 Å². The number of nitrogens with zero attached hydrogens (tertiary/aromatic N) is 1. The van der Waals surface area contributed by atoms with Crippen LogP contribution in [0.15, 0.2) is 36.4 Å². The van der Waals surface area contributed by atoms with Crippen molar-refractivity contribution in [2.75, 3.05) is 13.1 Å². The lowest BCUT2D eigenvalue weighted by Crippen LogP contribution is -2.44. The molecule has 3 rings (SSSR count). The van der Waals surface area contributed by atoms with Gasteiger partial charge in [-0.15, -0.1) is 0 Å². The third kappa shape index (κ3) is 7.73. The van der Waals surface area contributed by atoms with Crippen LogP contribution in [0.2, 0.25) is 6.82 Å². The SMILES string of the molecule is CB(O)N1CCC(OCc2ccc(F)cc2F)CC1.Fc1ccc(CBr)c(F)c1. The summed E-state index contributed by atoms with van der Waals surface area (Å²) in [6, 6.07) is 7.04. The quantitative estimate of drug-likeness (QED) is 0.378. The molecule has 2 aromatic carbocycles. The average molecular weight is 476 g/mol. The van der Waals surface area contributed by atoms with Gasteiger partial charge >= 0.3 is 7.05 Å². The molecule has 29 heavy (non-hydrogen) atoms. The van der Waals surface area contributed by atoms with Gasteiger partial charge in [0, 0.05) is 23.0 Å². The van der Waals surface area contributed by atoms with Gasteiger partial charge < -0.3 is 14.6 Å². The van der Waals surface area contributed by atoms with Crippen LogP contribution in [-0.4, -0.2) is 36.1 Å². The first-order valence-electron chi connectivity index (χ1n) is 9.27. The van der Waals surface area contributed by atoms with Gasteiger partial charge in [-0.2, -0.15) is 0 Å². The minimum atomic E-state index is -0.577. The van der Waals surface area contributed by atoms with Crippen molar-refractivity contribution >= 4 is 23.0 Å². The Hall–Kier alpha value is -1.42. The number of alkyl halides is 1. The van der Waals surface area contributed by atoms with E-state index in [1.807, 2.05) is 4.81 Å². The van der Waals surface area contributed by atoms with Gasteiger partial charge in [-0.3, -0.25) is 0 Å². The van der Waals surface area contributed by atoms with E-state index in [-0.39, 0.29) is 12.7 Å². The summed E-state index contributed by atoms with van der Waals surface area (Å²) in [6.07, 6.45) is 1.70. The molecular formula is C20H23BBrF4NO2. The van der Waals surface area contributed by atoms with E-state index >= 15 is 0 Å². The normalized spacial score (nSPS) is 15.0. The summed E-state index contributed by atoms with van der Waals surface area (Å²) in [5.74, 6) is -2.19. The Morgan fingerprint density at radius 1 is 1.00 bits per heavy atom. The summed E-state index contributed by atoms with van der Waals surface area (Å²) < 4.78 is 56.6. The Kier molecular flexibility index (Phi) is 9.62. The lowest BCUT2D eigenvalue weighted by atomic mass is 9.82. The van der Waals surface area contributed by atoms with Gasteiger partial charge in [-0.05, 0) is 50.5 Å². The number of hydrogen-bond acceptors (Lipinski definition) is 3. The van der Waals surface area contributed by atoms with Crippen molar-refractivity contribution in [2.45, 2.75) is 37.7 Å². The lowest BCUT2D eigenvalue weighted by Gasteiger charge is -2.32. The van der Waals surface area contributed by atoms with Crippen molar-refractivity contribution in [2.24, 2.45) is 0 Å². The largest absolute Gasteiger partial charge is 0.437 e. The van der Waals surface area contributed by atoms with Crippen molar-refractivity contribution in [1.82, 2.24) is 4.81 Å². The van der Waals surface area contributed by atoms with Crippen LogP contribution in [0, 0.1) is 23.3 Å². The fourth-order valence-electron chi connectivity index (χ4n) is 2.89. The third-order valence-corrected chi connectivity index (χ3v) is 5.26. The molecule has 0 spiro atoms. The summed E-state index contributed by atoms with van der Waals surface area (Å²) in [4.78, 5) is 1.97. The Balaban J connectivity index is 0.000000253. The number of benzene rings is 2. The number of piperidine rings is 1. The van der Waals surface area contributed by atoms with Gasteiger partial charge in [-0.1, -0.05) is 28.1 Å². The van der Waals surface area contributed by atoms with Gasteiger partial charge in [-0.25, -0.2) is 17.6 Å². The zero-order chi connectivity index (χ0) is 21.4. The fraction of sp³-hybridized carbons (Fsp3) is 0.400. The van der Waals surface area contributed by atoms with Crippen LogP contribution < -0.4 is 0 Å². The van der Waals surface area contributed by atoms with Gasteiger partial charge in [0.05, 0.1) is 12.7 Å². The first-order valence-corrected chi connectivity index (χ1v) is 10.4. The molecule has 2 aromatic rings. The Labute approximate surface area is 176 Å². The summed E-state index contributed by atoms with van der Waals surface area (Å²) in [5, 5.41) is 9.85. The molecule has 1 fully saturated rings.